The van der Waals surface area contributed by atoms with Crippen molar-refractivity contribution in [1.82, 2.24) is 9.97 Å². The van der Waals surface area contributed by atoms with E-state index in [-0.39, 0.29) is 35.1 Å². The molecular formula is C30H24ClF4N5O4. The van der Waals surface area contributed by atoms with E-state index in [1.54, 1.807) is 12.1 Å². The predicted octanol–water partition coefficient (Wildman–Crippen LogP) is 4.92. The molecule has 0 unspecified atom stereocenters. The van der Waals surface area contributed by atoms with Gasteiger partial charge >= 0.3 is 0 Å². The third-order valence-corrected chi connectivity index (χ3v) is 7.98. The summed E-state index contributed by atoms with van der Waals surface area (Å²) in [5.41, 5.74) is -0.471. The number of amides is 2. The molecule has 2 aromatic carbocycles. The highest BCUT2D eigenvalue weighted by molar-refractivity contribution is 6.31. The number of ketones is 1. The zero-order valence-electron chi connectivity index (χ0n) is 22.8. The number of nitrogens with zero attached hydrogens (tertiary/aromatic N) is 5. The fourth-order valence-corrected chi connectivity index (χ4v) is 5.81. The number of hydrogen-bond donors (Lipinski definition) is 1. The van der Waals surface area contributed by atoms with Crippen molar-refractivity contribution in [2.75, 3.05) is 9.80 Å². The molecule has 0 spiro atoms. The lowest BCUT2D eigenvalue weighted by Crippen LogP contribution is -2.50. The van der Waals surface area contributed by atoms with Gasteiger partial charge in [0.2, 0.25) is 11.9 Å². The van der Waals surface area contributed by atoms with Gasteiger partial charge in [-0.15, -0.1) is 0 Å². The topological polar surface area (TPSA) is 127 Å². The van der Waals surface area contributed by atoms with Crippen LogP contribution < -0.4 is 9.80 Å². The van der Waals surface area contributed by atoms with E-state index in [4.69, 9.17) is 11.6 Å². The fraction of sp³-hybridized carbons (Fsp3) is 0.333. The number of carbonyl (C=O) groups is 3. The molecule has 1 saturated carbocycles. The van der Waals surface area contributed by atoms with Crippen molar-refractivity contribution in [2.24, 2.45) is 5.92 Å². The third kappa shape index (κ3) is 6.27. The Morgan fingerprint density at radius 1 is 1.16 bits per heavy atom. The number of nitriles is 1. The smallest absolute Gasteiger partial charge is 0.259 e. The van der Waals surface area contributed by atoms with E-state index in [1.807, 2.05) is 0 Å². The zero-order chi connectivity index (χ0) is 31.8. The quantitative estimate of drug-likeness (QED) is 0.333. The molecule has 3 atom stereocenters. The molecule has 1 aliphatic carbocycles. The zero-order valence-corrected chi connectivity index (χ0v) is 23.6. The predicted molar refractivity (Wildman–Crippen MR) is 149 cm³/mol. The van der Waals surface area contributed by atoms with Crippen LogP contribution in [0.4, 0.5) is 29.2 Å². The largest absolute Gasteiger partial charge is 0.383 e. The van der Waals surface area contributed by atoms with Crippen LogP contribution in [-0.2, 0) is 14.4 Å². The Kier molecular flexibility index (Phi) is 8.67. The minimum Gasteiger partial charge on any atom is -0.383 e. The molecule has 1 saturated heterocycles. The lowest BCUT2D eigenvalue weighted by Gasteiger charge is -2.37. The van der Waals surface area contributed by atoms with E-state index in [1.165, 1.54) is 30.5 Å². The van der Waals surface area contributed by atoms with Crippen molar-refractivity contribution >= 4 is 40.8 Å². The fourth-order valence-electron chi connectivity index (χ4n) is 5.58. The first-order valence-corrected chi connectivity index (χ1v) is 13.9. The second-order valence-electron chi connectivity index (χ2n) is 10.7. The summed E-state index contributed by atoms with van der Waals surface area (Å²) in [6.45, 7) is 0. The Balaban J connectivity index is 1.61. The number of carbonyl (C=O) groups excluding carboxylic acids is 3. The average molecular weight is 630 g/mol. The van der Waals surface area contributed by atoms with Crippen LogP contribution in [0.15, 0.2) is 54.7 Å². The molecule has 0 radical (unpaired) electrons. The minimum absolute atomic E-state index is 0.0279. The van der Waals surface area contributed by atoms with Gasteiger partial charge in [0.1, 0.15) is 41.6 Å². The molecule has 0 bridgehead atoms. The number of benzene rings is 2. The first-order valence-electron chi connectivity index (χ1n) is 13.6. The molecule has 2 heterocycles. The standard InChI is InChI=1S/C30H24ClF4N5O4/c31-22-4-2-1-3-21(22)26(24(41)6-5-16-13-30(34,35)14-16)39(20-10-17(32)9-18(33)11-20)27(43)23-12-25(42)28(44)40(23)29-37-8-7-19(15-36)38-29/h1-4,7-11,16,23,25-26,42H,5-6,12-14H2/t23-,25+,26+/m0/s1. The van der Waals surface area contributed by atoms with Crippen molar-refractivity contribution in [2.45, 2.75) is 56.2 Å². The van der Waals surface area contributed by atoms with E-state index in [0.29, 0.717) is 6.07 Å². The molecule has 1 N–H and O–H groups in total. The number of alkyl halides is 2. The number of aliphatic hydroxyl groups is 1. The SMILES string of the molecule is N#Cc1ccnc(N2C(=O)[C@H](O)C[C@H]2C(=O)N(c2cc(F)cc(F)c2)[C@@H](C(=O)CCC2CC(F)(F)C2)c2ccccc2Cl)n1. The maximum absolute atomic E-state index is 14.6. The van der Waals surface area contributed by atoms with Crippen LogP contribution >= 0.6 is 11.6 Å². The van der Waals surface area contributed by atoms with E-state index in [9.17, 15) is 42.3 Å². The first-order chi connectivity index (χ1) is 20.9. The van der Waals surface area contributed by atoms with Crippen LogP contribution in [0.25, 0.3) is 0 Å². The molecule has 2 amide bonds. The lowest BCUT2D eigenvalue weighted by molar-refractivity contribution is -0.129. The number of hydrogen-bond acceptors (Lipinski definition) is 7. The van der Waals surface area contributed by atoms with Crippen LogP contribution in [0.1, 0.15) is 49.4 Å². The lowest BCUT2D eigenvalue weighted by atomic mass is 9.77. The van der Waals surface area contributed by atoms with Crippen molar-refractivity contribution in [3.8, 4) is 6.07 Å². The average Bonchev–Trinajstić information content (AvgIpc) is 3.26. The summed E-state index contributed by atoms with van der Waals surface area (Å²) in [7, 11) is 0. The summed E-state index contributed by atoms with van der Waals surface area (Å²) >= 11 is 6.47. The van der Waals surface area contributed by atoms with Crippen molar-refractivity contribution in [1.29, 1.82) is 5.26 Å². The van der Waals surface area contributed by atoms with E-state index in [0.717, 1.165) is 21.9 Å². The molecule has 5 rings (SSSR count). The van der Waals surface area contributed by atoms with Gasteiger partial charge in [-0.2, -0.15) is 5.26 Å². The van der Waals surface area contributed by atoms with Crippen LogP contribution in [0.3, 0.4) is 0 Å². The summed E-state index contributed by atoms with van der Waals surface area (Å²) in [6, 6.07) is 7.99. The number of aromatic nitrogens is 2. The second-order valence-corrected chi connectivity index (χ2v) is 11.1. The Labute approximate surface area is 253 Å². The molecule has 2 aliphatic rings. The molecule has 9 nitrogen and oxygen atoms in total. The van der Waals surface area contributed by atoms with Gasteiger partial charge in [-0.25, -0.2) is 27.5 Å². The van der Waals surface area contributed by atoms with Crippen LogP contribution in [-0.4, -0.2) is 50.7 Å². The van der Waals surface area contributed by atoms with Gasteiger partial charge in [0.05, 0.1) is 5.69 Å². The van der Waals surface area contributed by atoms with Gasteiger partial charge < -0.3 is 5.11 Å². The third-order valence-electron chi connectivity index (χ3n) is 7.64. The Bertz CT molecular complexity index is 1640. The number of halogens is 5. The van der Waals surface area contributed by atoms with E-state index in [2.05, 4.69) is 9.97 Å². The van der Waals surface area contributed by atoms with Gasteiger partial charge in [-0.1, -0.05) is 29.8 Å². The number of Topliss-reactive ketones (excluding diaryl/α,β-unsaturated/α-hetero) is 1. The molecule has 3 aromatic rings. The van der Waals surface area contributed by atoms with Crippen molar-refractivity contribution in [3.63, 3.8) is 0 Å². The highest BCUT2D eigenvalue weighted by Crippen LogP contribution is 2.45. The minimum atomic E-state index is -2.82. The van der Waals surface area contributed by atoms with Gasteiger partial charge in [0.15, 0.2) is 5.78 Å². The molecule has 1 aliphatic heterocycles. The van der Waals surface area contributed by atoms with Gasteiger partial charge in [0.25, 0.3) is 11.8 Å². The summed E-state index contributed by atoms with van der Waals surface area (Å²) in [5.74, 6) is -8.49. The molecule has 228 valence electrons. The van der Waals surface area contributed by atoms with E-state index >= 15 is 0 Å². The highest BCUT2D eigenvalue weighted by Gasteiger charge is 2.49. The van der Waals surface area contributed by atoms with Gasteiger partial charge in [-0.05, 0) is 36.6 Å². The first kappa shape index (κ1) is 31.0. The molecular weight excluding hydrogens is 606 g/mol. The number of aliphatic hydroxyl groups excluding tert-OH is 1. The summed E-state index contributed by atoms with van der Waals surface area (Å²) < 4.78 is 56.1. The maximum Gasteiger partial charge on any atom is 0.259 e. The molecule has 44 heavy (non-hydrogen) atoms. The van der Waals surface area contributed by atoms with Crippen molar-refractivity contribution < 1.29 is 37.1 Å². The Morgan fingerprint density at radius 3 is 2.48 bits per heavy atom. The second kappa shape index (κ2) is 12.3. The van der Waals surface area contributed by atoms with Crippen LogP contribution in [0.5, 0.6) is 0 Å². The molecule has 1 aromatic heterocycles. The van der Waals surface area contributed by atoms with E-state index < -0.39 is 84.2 Å². The highest BCUT2D eigenvalue weighted by atomic mass is 35.5. The molecule has 2 fully saturated rings. The Hall–Kier alpha value is -4.41. The van der Waals surface area contributed by atoms with Gasteiger partial charge in [-0.3, -0.25) is 24.2 Å². The molecule has 14 heteroatoms. The number of anilines is 2. The maximum atomic E-state index is 14.6. The summed E-state index contributed by atoms with van der Waals surface area (Å²) in [4.78, 5) is 51.0. The van der Waals surface area contributed by atoms with Crippen molar-refractivity contribution in [3.05, 3.63) is 82.6 Å². The number of rotatable bonds is 9. The normalized spacial score (nSPS) is 20.1. The summed E-state index contributed by atoms with van der Waals surface area (Å²) in [6.07, 6.45) is -2.05. The van der Waals surface area contributed by atoms with Gasteiger partial charge in [0, 0.05) is 48.5 Å². The van der Waals surface area contributed by atoms with Crippen LogP contribution in [0.2, 0.25) is 5.02 Å². The Morgan fingerprint density at radius 2 is 1.84 bits per heavy atom. The van der Waals surface area contributed by atoms with Crippen LogP contribution in [0, 0.1) is 28.9 Å². The monoisotopic (exact) mass is 629 g/mol. The summed E-state index contributed by atoms with van der Waals surface area (Å²) in [5, 5.41) is 19.8.